The third kappa shape index (κ3) is 3.93. The van der Waals surface area contributed by atoms with Gasteiger partial charge in [-0.1, -0.05) is 0 Å². The van der Waals surface area contributed by atoms with Crippen molar-refractivity contribution in [3.8, 4) is 0 Å². The van der Waals surface area contributed by atoms with Crippen LogP contribution in [0.1, 0.15) is 59.3 Å². The van der Waals surface area contributed by atoms with Crippen LogP contribution >= 0.6 is 11.3 Å². The van der Waals surface area contributed by atoms with E-state index in [2.05, 4.69) is 4.98 Å². The van der Waals surface area contributed by atoms with Crippen LogP contribution in [0.4, 0.5) is 0 Å². The summed E-state index contributed by atoms with van der Waals surface area (Å²) in [5.41, 5.74) is 1.54. The predicted molar refractivity (Wildman–Crippen MR) is 103 cm³/mol. The van der Waals surface area contributed by atoms with Gasteiger partial charge in [0.15, 0.2) is 11.6 Å². The van der Waals surface area contributed by atoms with Gasteiger partial charge in [-0.05, 0) is 55.0 Å². The quantitative estimate of drug-likeness (QED) is 0.808. The molecule has 4 heterocycles. The summed E-state index contributed by atoms with van der Waals surface area (Å²) in [4.78, 5) is 33.4. The maximum Gasteiger partial charge on any atom is 0.276 e. The molecular weight excluding hydrogens is 362 g/mol. The standard InChI is InChI=1S/C20H25N3O3S/c1-14-18(20(25)23-7-2-3-8-23)21-19(26-14)16-4-9-22(10-5-16)17(24)12-15-6-11-27-13-15/h6,11,13,16H,2-5,7-10,12H2,1H3. The first-order valence-electron chi connectivity index (χ1n) is 9.67. The molecule has 27 heavy (non-hydrogen) atoms. The lowest BCUT2D eigenvalue weighted by molar-refractivity contribution is -0.131. The van der Waals surface area contributed by atoms with Crippen LogP contribution in [-0.2, 0) is 11.2 Å². The van der Waals surface area contributed by atoms with Gasteiger partial charge >= 0.3 is 0 Å². The minimum Gasteiger partial charge on any atom is -0.445 e. The fourth-order valence-corrected chi connectivity index (χ4v) is 4.58. The van der Waals surface area contributed by atoms with Crippen LogP contribution in [0.25, 0.3) is 0 Å². The van der Waals surface area contributed by atoms with Crippen LogP contribution in [0.15, 0.2) is 21.2 Å². The first-order valence-corrected chi connectivity index (χ1v) is 10.6. The summed E-state index contributed by atoms with van der Waals surface area (Å²) in [7, 11) is 0. The minimum absolute atomic E-state index is 0.0108. The number of nitrogens with zero attached hydrogens (tertiary/aromatic N) is 3. The molecule has 7 heteroatoms. The van der Waals surface area contributed by atoms with Gasteiger partial charge in [0.05, 0.1) is 6.42 Å². The highest BCUT2D eigenvalue weighted by atomic mass is 32.1. The second-order valence-electron chi connectivity index (χ2n) is 7.42. The molecule has 2 saturated heterocycles. The van der Waals surface area contributed by atoms with E-state index in [9.17, 15) is 9.59 Å². The van der Waals surface area contributed by atoms with Gasteiger partial charge in [-0.15, -0.1) is 0 Å². The zero-order valence-electron chi connectivity index (χ0n) is 15.6. The summed E-state index contributed by atoms with van der Waals surface area (Å²) in [6.45, 7) is 4.87. The Labute approximate surface area is 163 Å². The molecule has 2 fully saturated rings. The fraction of sp³-hybridized carbons (Fsp3) is 0.550. The Morgan fingerprint density at radius 2 is 1.93 bits per heavy atom. The molecule has 144 valence electrons. The van der Waals surface area contributed by atoms with Crippen LogP contribution in [0.2, 0.25) is 0 Å². The average Bonchev–Trinajstić information content (AvgIpc) is 3.43. The average molecular weight is 388 g/mol. The van der Waals surface area contributed by atoms with Crippen LogP contribution in [0.3, 0.4) is 0 Å². The summed E-state index contributed by atoms with van der Waals surface area (Å²) in [6, 6.07) is 2.00. The first kappa shape index (κ1) is 18.2. The molecule has 0 aliphatic carbocycles. The Balaban J connectivity index is 1.36. The van der Waals surface area contributed by atoms with Gasteiger partial charge < -0.3 is 14.2 Å². The number of aromatic nitrogens is 1. The van der Waals surface area contributed by atoms with Gasteiger partial charge in [0.2, 0.25) is 5.91 Å². The van der Waals surface area contributed by atoms with Crippen molar-refractivity contribution in [1.29, 1.82) is 0 Å². The van der Waals surface area contributed by atoms with E-state index in [4.69, 9.17) is 4.42 Å². The van der Waals surface area contributed by atoms with Crippen LogP contribution < -0.4 is 0 Å². The normalized spacial score (nSPS) is 18.3. The molecule has 2 aliphatic rings. The molecule has 0 atom stereocenters. The molecule has 0 N–H and O–H groups in total. The SMILES string of the molecule is Cc1oc(C2CCN(C(=O)Cc3ccsc3)CC2)nc1C(=O)N1CCCC1. The van der Waals surface area contributed by atoms with Crippen molar-refractivity contribution in [3.63, 3.8) is 0 Å². The lowest BCUT2D eigenvalue weighted by Gasteiger charge is -2.30. The van der Waals surface area contributed by atoms with Crippen molar-refractivity contribution < 1.29 is 14.0 Å². The molecule has 0 saturated carbocycles. The molecule has 0 unspecified atom stereocenters. The van der Waals surface area contributed by atoms with E-state index in [1.807, 2.05) is 33.6 Å². The number of carbonyl (C=O) groups is 2. The third-order valence-electron chi connectivity index (χ3n) is 5.54. The highest BCUT2D eigenvalue weighted by Gasteiger charge is 2.30. The second kappa shape index (κ2) is 7.84. The Hall–Kier alpha value is -2.15. The van der Waals surface area contributed by atoms with E-state index in [0.717, 1.165) is 44.3 Å². The summed E-state index contributed by atoms with van der Waals surface area (Å²) < 4.78 is 5.86. The number of piperidine rings is 1. The van der Waals surface area contributed by atoms with Crippen LogP contribution in [0.5, 0.6) is 0 Å². The Morgan fingerprint density at radius 3 is 2.59 bits per heavy atom. The summed E-state index contributed by atoms with van der Waals surface area (Å²) in [5.74, 6) is 1.61. The van der Waals surface area contributed by atoms with Crippen molar-refractivity contribution >= 4 is 23.2 Å². The van der Waals surface area contributed by atoms with E-state index in [0.29, 0.717) is 36.9 Å². The largest absolute Gasteiger partial charge is 0.445 e. The molecule has 0 aromatic carbocycles. The van der Waals surface area contributed by atoms with E-state index >= 15 is 0 Å². The number of likely N-dealkylation sites (tertiary alicyclic amines) is 2. The summed E-state index contributed by atoms with van der Waals surface area (Å²) in [5, 5.41) is 4.03. The van der Waals surface area contributed by atoms with E-state index in [1.165, 1.54) is 0 Å². The number of hydrogen-bond acceptors (Lipinski definition) is 5. The molecule has 4 rings (SSSR count). The van der Waals surface area contributed by atoms with Crippen LogP contribution in [-0.4, -0.2) is 52.8 Å². The number of hydrogen-bond donors (Lipinski definition) is 0. The number of thiophene rings is 1. The molecule has 2 aromatic heterocycles. The monoisotopic (exact) mass is 387 g/mol. The third-order valence-corrected chi connectivity index (χ3v) is 6.27. The number of oxazole rings is 1. The molecule has 2 aromatic rings. The van der Waals surface area contributed by atoms with Gasteiger partial charge in [0.25, 0.3) is 5.91 Å². The summed E-state index contributed by atoms with van der Waals surface area (Å²) >= 11 is 1.62. The number of aryl methyl sites for hydroxylation is 1. The van der Waals surface area contributed by atoms with Gasteiger partial charge in [0.1, 0.15) is 5.76 Å². The predicted octanol–water partition coefficient (Wildman–Crippen LogP) is 3.23. The van der Waals surface area contributed by atoms with E-state index in [1.54, 1.807) is 11.3 Å². The van der Waals surface area contributed by atoms with Gasteiger partial charge in [-0.2, -0.15) is 11.3 Å². The summed E-state index contributed by atoms with van der Waals surface area (Å²) in [6.07, 6.45) is 4.25. The Kier molecular flexibility index (Phi) is 5.29. The molecule has 0 bridgehead atoms. The van der Waals surface area contributed by atoms with E-state index < -0.39 is 0 Å². The Morgan fingerprint density at radius 1 is 1.19 bits per heavy atom. The number of amides is 2. The highest BCUT2D eigenvalue weighted by molar-refractivity contribution is 7.08. The Bertz CT molecular complexity index is 801. The molecular formula is C20H25N3O3S. The van der Waals surface area contributed by atoms with Gasteiger partial charge in [0, 0.05) is 32.1 Å². The fourth-order valence-electron chi connectivity index (χ4n) is 3.92. The molecule has 6 nitrogen and oxygen atoms in total. The topological polar surface area (TPSA) is 66.7 Å². The van der Waals surface area contributed by atoms with Crippen LogP contribution in [0, 0.1) is 6.92 Å². The van der Waals surface area contributed by atoms with Gasteiger partial charge in [-0.3, -0.25) is 9.59 Å². The van der Waals surface area contributed by atoms with Crippen molar-refractivity contribution in [1.82, 2.24) is 14.8 Å². The van der Waals surface area contributed by atoms with Crippen molar-refractivity contribution in [2.45, 2.75) is 44.9 Å². The molecule has 2 aliphatic heterocycles. The van der Waals surface area contributed by atoms with Gasteiger partial charge in [-0.25, -0.2) is 4.98 Å². The minimum atomic E-state index is -0.0108. The smallest absolute Gasteiger partial charge is 0.276 e. The lowest BCUT2D eigenvalue weighted by Crippen LogP contribution is -2.38. The van der Waals surface area contributed by atoms with Crippen molar-refractivity contribution in [2.75, 3.05) is 26.2 Å². The maximum absolute atomic E-state index is 12.6. The highest BCUT2D eigenvalue weighted by Crippen LogP contribution is 2.30. The lowest BCUT2D eigenvalue weighted by atomic mass is 9.96. The number of rotatable bonds is 4. The maximum atomic E-state index is 12.6. The van der Waals surface area contributed by atoms with E-state index in [-0.39, 0.29) is 17.7 Å². The zero-order chi connectivity index (χ0) is 18.8. The number of carbonyl (C=O) groups excluding carboxylic acids is 2. The van der Waals surface area contributed by atoms with Crippen molar-refractivity contribution in [2.24, 2.45) is 0 Å². The molecule has 2 amide bonds. The first-order chi connectivity index (χ1) is 13.1. The zero-order valence-corrected chi connectivity index (χ0v) is 16.5. The molecule has 0 radical (unpaired) electrons. The second-order valence-corrected chi connectivity index (χ2v) is 8.20. The molecule has 0 spiro atoms. The van der Waals surface area contributed by atoms with Crippen molar-refractivity contribution in [3.05, 3.63) is 39.7 Å².